The molecule has 1 aromatic heterocycles. The van der Waals surface area contributed by atoms with Gasteiger partial charge in [0.15, 0.2) is 0 Å². The van der Waals surface area contributed by atoms with Gasteiger partial charge in [0.2, 0.25) is 0 Å². The summed E-state index contributed by atoms with van der Waals surface area (Å²) in [5, 5.41) is 11.6. The third kappa shape index (κ3) is 3.02. The van der Waals surface area contributed by atoms with Gasteiger partial charge in [-0.3, -0.25) is 4.90 Å². The first-order valence-corrected chi connectivity index (χ1v) is 6.00. The Kier molecular flexibility index (Phi) is 3.90. The number of nitrogens with one attached hydrogen (secondary N) is 1. The zero-order valence-corrected chi connectivity index (χ0v) is 10.2. The topological polar surface area (TPSA) is 46.0 Å². The van der Waals surface area contributed by atoms with Crippen LogP contribution in [-0.2, 0) is 13.6 Å². The average Bonchev–Trinajstić information content (AvgIpc) is 2.66. The normalized spacial score (nSPS) is 21.6. The zero-order chi connectivity index (χ0) is 11.4. The Morgan fingerprint density at radius 1 is 1.56 bits per heavy atom. The quantitative estimate of drug-likeness (QED) is 0.802. The highest BCUT2D eigenvalue weighted by molar-refractivity contribution is 4.85. The minimum Gasteiger partial charge on any atom is -0.320 e. The Hall–Kier alpha value is -0.940. The van der Waals surface area contributed by atoms with Crippen LogP contribution in [0.3, 0.4) is 0 Å². The van der Waals surface area contributed by atoms with Gasteiger partial charge in [-0.25, -0.2) is 0 Å². The van der Waals surface area contributed by atoms with Gasteiger partial charge in [-0.15, -0.1) is 10.2 Å². The van der Waals surface area contributed by atoms with Crippen molar-refractivity contribution in [3.63, 3.8) is 0 Å². The fraction of sp³-hybridized carbons (Fsp3) is 0.818. The molecule has 1 N–H and O–H groups in total. The summed E-state index contributed by atoms with van der Waals surface area (Å²) in [6.45, 7) is 3.13. The highest BCUT2D eigenvalue weighted by Gasteiger charge is 2.15. The molecule has 0 aliphatic carbocycles. The van der Waals surface area contributed by atoms with Gasteiger partial charge in [-0.2, -0.15) is 0 Å². The summed E-state index contributed by atoms with van der Waals surface area (Å²) in [6, 6.07) is 0.645. The molecule has 5 heteroatoms. The van der Waals surface area contributed by atoms with E-state index in [1.807, 2.05) is 11.6 Å². The van der Waals surface area contributed by atoms with Crippen LogP contribution >= 0.6 is 0 Å². The molecule has 1 unspecified atom stereocenters. The van der Waals surface area contributed by atoms with E-state index in [9.17, 15) is 0 Å². The van der Waals surface area contributed by atoms with Crippen LogP contribution < -0.4 is 5.32 Å². The van der Waals surface area contributed by atoms with Crippen molar-refractivity contribution in [2.24, 2.45) is 7.05 Å². The molecule has 0 aromatic carbocycles. The van der Waals surface area contributed by atoms with Crippen LogP contribution in [0.1, 0.15) is 25.1 Å². The fourth-order valence-electron chi connectivity index (χ4n) is 2.21. The molecule has 90 valence electrons. The number of rotatable bonds is 4. The van der Waals surface area contributed by atoms with Gasteiger partial charge in [0.05, 0.1) is 6.54 Å². The molecule has 5 nitrogen and oxygen atoms in total. The van der Waals surface area contributed by atoms with Crippen molar-refractivity contribution in [3.05, 3.63) is 12.2 Å². The predicted octanol–water partition coefficient (Wildman–Crippen LogP) is 0.389. The first kappa shape index (κ1) is 11.5. The lowest BCUT2D eigenvalue weighted by Gasteiger charge is -2.27. The van der Waals surface area contributed by atoms with E-state index in [1.165, 1.54) is 25.8 Å². The van der Waals surface area contributed by atoms with E-state index in [-0.39, 0.29) is 0 Å². The van der Waals surface area contributed by atoms with Crippen LogP contribution in [0.2, 0.25) is 0 Å². The SMILES string of the molecule is CN(Cc1nncn1C)CC1CCCCN1. The summed E-state index contributed by atoms with van der Waals surface area (Å²) in [6.07, 6.45) is 5.73. The second-order valence-corrected chi connectivity index (χ2v) is 4.70. The van der Waals surface area contributed by atoms with Crippen LogP contribution in [0.5, 0.6) is 0 Å². The third-order valence-corrected chi connectivity index (χ3v) is 3.16. The number of aromatic nitrogens is 3. The number of nitrogens with zero attached hydrogens (tertiary/aromatic N) is 4. The van der Waals surface area contributed by atoms with E-state index in [2.05, 4.69) is 27.5 Å². The highest BCUT2D eigenvalue weighted by Crippen LogP contribution is 2.08. The average molecular weight is 223 g/mol. The molecule has 0 bridgehead atoms. The second-order valence-electron chi connectivity index (χ2n) is 4.70. The number of piperidine rings is 1. The van der Waals surface area contributed by atoms with Crippen molar-refractivity contribution < 1.29 is 0 Å². The van der Waals surface area contributed by atoms with E-state index >= 15 is 0 Å². The van der Waals surface area contributed by atoms with E-state index < -0.39 is 0 Å². The summed E-state index contributed by atoms with van der Waals surface area (Å²) in [5.74, 6) is 1.03. The molecule has 2 heterocycles. The molecular weight excluding hydrogens is 202 g/mol. The lowest BCUT2D eigenvalue weighted by atomic mass is 10.0. The Balaban J connectivity index is 1.79. The monoisotopic (exact) mass is 223 g/mol. The van der Waals surface area contributed by atoms with Crippen molar-refractivity contribution in [2.45, 2.75) is 31.8 Å². The zero-order valence-electron chi connectivity index (χ0n) is 10.2. The van der Waals surface area contributed by atoms with Gasteiger partial charge in [-0.1, -0.05) is 6.42 Å². The van der Waals surface area contributed by atoms with Gasteiger partial charge < -0.3 is 9.88 Å². The van der Waals surface area contributed by atoms with Gasteiger partial charge >= 0.3 is 0 Å². The van der Waals surface area contributed by atoms with E-state index in [0.29, 0.717) is 6.04 Å². The van der Waals surface area contributed by atoms with Gasteiger partial charge in [0.1, 0.15) is 12.2 Å². The summed E-state index contributed by atoms with van der Waals surface area (Å²) in [5.41, 5.74) is 0. The van der Waals surface area contributed by atoms with Crippen LogP contribution in [0.25, 0.3) is 0 Å². The van der Waals surface area contributed by atoms with E-state index in [4.69, 9.17) is 0 Å². The van der Waals surface area contributed by atoms with Crippen molar-refractivity contribution in [2.75, 3.05) is 20.1 Å². The van der Waals surface area contributed by atoms with Gasteiger partial charge in [-0.05, 0) is 26.4 Å². The van der Waals surface area contributed by atoms with E-state index in [1.54, 1.807) is 6.33 Å². The molecule has 0 spiro atoms. The van der Waals surface area contributed by atoms with Crippen molar-refractivity contribution in [1.29, 1.82) is 0 Å². The maximum atomic E-state index is 4.10. The largest absolute Gasteiger partial charge is 0.320 e. The number of likely N-dealkylation sites (N-methyl/N-ethyl adjacent to an activating group) is 1. The van der Waals surface area contributed by atoms with Crippen LogP contribution in [-0.4, -0.2) is 45.8 Å². The standard InChI is InChI=1S/C11H21N5/c1-15(7-10-5-3-4-6-12-10)8-11-14-13-9-16(11)2/h9-10,12H,3-8H2,1-2H3. The fourth-order valence-corrected chi connectivity index (χ4v) is 2.21. The molecule has 16 heavy (non-hydrogen) atoms. The molecule has 1 saturated heterocycles. The molecule has 0 radical (unpaired) electrons. The lowest BCUT2D eigenvalue weighted by Crippen LogP contribution is -2.42. The van der Waals surface area contributed by atoms with Crippen molar-refractivity contribution in [1.82, 2.24) is 25.0 Å². The highest BCUT2D eigenvalue weighted by atomic mass is 15.3. The molecule has 2 rings (SSSR count). The molecule has 1 fully saturated rings. The van der Waals surface area contributed by atoms with Crippen LogP contribution in [0.15, 0.2) is 6.33 Å². The number of hydrogen-bond acceptors (Lipinski definition) is 4. The Morgan fingerprint density at radius 2 is 2.44 bits per heavy atom. The lowest BCUT2D eigenvalue weighted by molar-refractivity contribution is 0.250. The number of aryl methyl sites for hydroxylation is 1. The summed E-state index contributed by atoms with van der Waals surface area (Å²) >= 11 is 0. The first-order valence-electron chi connectivity index (χ1n) is 6.00. The second kappa shape index (κ2) is 5.41. The summed E-state index contributed by atoms with van der Waals surface area (Å²) in [4.78, 5) is 2.31. The molecule has 1 aliphatic rings. The van der Waals surface area contributed by atoms with Crippen molar-refractivity contribution >= 4 is 0 Å². The minimum absolute atomic E-state index is 0.645. The smallest absolute Gasteiger partial charge is 0.146 e. The van der Waals surface area contributed by atoms with Crippen LogP contribution in [0.4, 0.5) is 0 Å². The Labute approximate surface area is 96.8 Å². The third-order valence-electron chi connectivity index (χ3n) is 3.16. The maximum absolute atomic E-state index is 4.10. The Morgan fingerprint density at radius 3 is 3.06 bits per heavy atom. The predicted molar refractivity (Wildman–Crippen MR) is 63.0 cm³/mol. The van der Waals surface area contributed by atoms with Crippen molar-refractivity contribution in [3.8, 4) is 0 Å². The summed E-state index contributed by atoms with van der Waals surface area (Å²) < 4.78 is 1.98. The van der Waals surface area contributed by atoms with E-state index in [0.717, 1.165) is 18.9 Å². The summed E-state index contributed by atoms with van der Waals surface area (Å²) in [7, 11) is 4.13. The van der Waals surface area contributed by atoms with Gasteiger partial charge in [0.25, 0.3) is 0 Å². The first-order chi connectivity index (χ1) is 7.75. The van der Waals surface area contributed by atoms with Crippen LogP contribution in [0, 0.1) is 0 Å². The Bertz CT molecular complexity index is 316. The van der Waals surface area contributed by atoms with Gasteiger partial charge in [0, 0.05) is 19.6 Å². The molecule has 1 aliphatic heterocycles. The minimum atomic E-state index is 0.645. The molecular formula is C11H21N5. The molecule has 0 amide bonds. The number of hydrogen-bond donors (Lipinski definition) is 1. The molecule has 0 saturated carbocycles. The molecule has 1 atom stereocenters. The maximum Gasteiger partial charge on any atom is 0.146 e. The molecule has 1 aromatic rings.